The summed E-state index contributed by atoms with van der Waals surface area (Å²) in [5, 5.41) is 0. The molecule has 0 N–H and O–H groups in total. The summed E-state index contributed by atoms with van der Waals surface area (Å²) < 4.78 is 46.6. The molecule has 0 unspecified atom stereocenters. The van der Waals surface area contributed by atoms with Crippen molar-refractivity contribution in [2.75, 3.05) is 13.2 Å². The number of hydrogen-bond acceptors (Lipinski definition) is 2. The molecule has 0 aromatic carbocycles. The Morgan fingerprint density at radius 2 is 1.88 bits per heavy atom. The number of halogens is 3. The van der Waals surface area contributed by atoms with Crippen molar-refractivity contribution in [2.45, 2.75) is 51.7 Å². The summed E-state index contributed by atoms with van der Waals surface area (Å²) in [4.78, 5) is 14.7. The maximum atomic E-state index is 12.6. The third kappa shape index (κ3) is 4.28. The van der Waals surface area contributed by atoms with Crippen LogP contribution in [0.1, 0.15) is 39.3 Å². The molecule has 1 fully saturated rings. The van der Waals surface area contributed by atoms with E-state index in [1.807, 2.05) is 20.8 Å². The highest BCUT2D eigenvalue weighted by Crippen LogP contribution is 2.22. The molecule has 1 aliphatic heterocycles. The lowest BCUT2D eigenvalue weighted by molar-refractivity contribution is -0.169. The molecule has 0 bridgehead atoms. The van der Waals surface area contributed by atoms with E-state index in [-0.39, 0.29) is 10.9 Å². The molecule has 1 aromatic rings. The summed E-state index contributed by atoms with van der Waals surface area (Å²) in [6.07, 6.45) is -3.28. The summed E-state index contributed by atoms with van der Waals surface area (Å²) >= 11 is 0. The second kappa shape index (κ2) is 6.74. The molecule has 0 saturated carbocycles. The van der Waals surface area contributed by atoms with E-state index in [9.17, 15) is 18.0 Å². The van der Waals surface area contributed by atoms with Crippen LogP contribution >= 0.6 is 0 Å². The Hall–Kier alpha value is -1.57. The number of carbonyl (C=O) groups excluding carboxylic acids is 1. The Morgan fingerprint density at radius 1 is 1.29 bits per heavy atom. The van der Waals surface area contributed by atoms with Crippen LogP contribution in [0.2, 0.25) is 0 Å². The Kier molecular flexibility index (Phi) is 5.27. The van der Waals surface area contributed by atoms with Gasteiger partial charge < -0.3 is 4.74 Å². The Labute approximate surface area is 139 Å². The van der Waals surface area contributed by atoms with Crippen LogP contribution in [0.15, 0.2) is 11.1 Å². The average Bonchev–Trinajstić information content (AvgIpc) is 2.76. The third-order valence-corrected chi connectivity index (χ3v) is 4.24. The van der Waals surface area contributed by atoms with Crippen molar-refractivity contribution in [1.29, 1.82) is 0 Å². The second-order valence-electron chi connectivity index (χ2n) is 7.21. The second-order valence-corrected chi connectivity index (χ2v) is 7.21. The van der Waals surface area contributed by atoms with E-state index in [1.165, 1.54) is 0 Å². The Morgan fingerprint density at radius 3 is 2.38 bits per heavy atom. The zero-order chi connectivity index (χ0) is 18.1. The number of hydrogen-bond donors (Lipinski definition) is 0. The largest absolute Gasteiger partial charge is 0.473 e. The summed E-state index contributed by atoms with van der Waals surface area (Å²) in [5.74, 6) is -1.78. The lowest BCUT2D eigenvalue weighted by Gasteiger charge is -2.25. The molecule has 136 valence electrons. The van der Waals surface area contributed by atoms with E-state index in [1.54, 1.807) is 22.5 Å². The van der Waals surface area contributed by atoms with Crippen LogP contribution in [-0.4, -0.2) is 34.7 Å². The van der Waals surface area contributed by atoms with Crippen molar-refractivity contribution in [2.24, 2.45) is 18.0 Å². The van der Waals surface area contributed by atoms with Crippen molar-refractivity contribution in [3.8, 4) is 0 Å². The molecule has 2 rings (SSSR count). The summed E-state index contributed by atoms with van der Waals surface area (Å²) in [5.41, 5.74) is 0.598. The molecule has 1 amide bonds. The van der Waals surface area contributed by atoms with E-state index < -0.39 is 12.1 Å². The van der Waals surface area contributed by atoms with Gasteiger partial charge in [0, 0.05) is 44.0 Å². The Bertz CT molecular complexity index is 660. The van der Waals surface area contributed by atoms with E-state index in [2.05, 4.69) is 4.99 Å². The lowest BCUT2D eigenvalue weighted by atomic mass is 9.92. The molecule has 24 heavy (non-hydrogen) atoms. The average molecular weight is 347 g/mol. The first-order valence-corrected chi connectivity index (χ1v) is 8.01. The molecule has 1 aromatic heterocycles. The van der Waals surface area contributed by atoms with Crippen molar-refractivity contribution < 1.29 is 22.7 Å². The van der Waals surface area contributed by atoms with Crippen LogP contribution in [-0.2, 0) is 28.5 Å². The van der Waals surface area contributed by atoms with Gasteiger partial charge in [0.15, 0.2) is 5.49 Å². The molecule has 0 aliphatic carbocycles. The fourth-order valence-electron chi connectivity index (χ4n) is 2.92. The van der Waals surface area contributed by atoms with Gasteiger partial charge in [0.2, 0.25) is 0 Å². The molecular weight excluding hydrogens is 323 g/mol. The maximum Gasteiger partial charge on any atom is 0.473 e. The van der Waals surface area contributed by atoms with Crippen molar-refractivity contribution >= 4 is 5.91 Å². The summed E-state index contributed by atoms with van der Waals surface area (Å²) in [6.45, 7) is 7.72. The molecule has 8 heteroatoms. The van der Waals surface area contributed by atoms with Gasteiger partial charge in [0.25, 0.3) is 0 Å². The highest BCUT2D eigenvalue weighted by atomic mass is 19.4. The van der Waals surface area contributed by atoms with Crippen LogP contribution < -0.4 is 5.49 Å². The molecule has 0 spiro atoms. The van der Waals surface area contributed by atoms with Crippen LogP contribution in [0.5, 0.6) is 0 Å². The van der Waals surface area contributed by atoms with Crippen molar-refractivity contribution in [1.82, 2.24) is 9.36 Å². The number of amides is 1. The van der Waals surface area contributed by atoms with E-state index in [4.69, 9.17) is 4.74 Å². The number of ether oxygens (including phenoxy) is 1. The van der Waals surface area contributed by atoms with Gasteiger partial charge in [-0.2, -0.15) is 18.2 Å². The van der Waals surface area contributed by atoms with Gasteiger partial charge in [-0.15, -0.1) is 0 Å². The molecule has 1 aliphatic rings. The van der Waals surface area contributed by atoms with Gasteiger partial charge in [-0.1, -0.05) is 20.8 Å². The van der Waals surface area contributed by atoms with Gasteiger partial charge in [0.1, 0.15) is 0 Å². The fourth-order valence-corrected chi connectivity index (χ4v) is 2.92. The molecule has 5 nitrogen and oxygen atoms in total. The van der Waals surface area contributed by atoms with Gasteiger partial charge in [-0.05, 0) is 18.8 Å². The first-order chi connectivity index (χ1) is 11.0. The van der Waals surface area contributed by atoms with Crippen LogP contribution in [0, 0.1) is 5.92 Å². The van der Waals surface area contributed by atoms with Gasteiger partial charge >= 0.3 is 12.1 Å². The molecular formula is C16H24F3N3O2. The standard InChI is InChI=1S/C16H24F3N3O2/c1-15(2,3)12-9-13(20-14(23)16(17,18)19)22(21(12)4)10-11-5-7-24-8-6-11/h9,11H,5-8,10H2,1-4H3. The fraction of sp³-hybridized carbons (Fsp3) is 0.750. The summed E-state index contributed by atoms with van der Waals surface area (Å²) in [6, 6.07) is 1.57. The van der Waals surface area contributed by atoms with Crippen molar-refractivity contribution in [3.63, 3.8) is 0 Å². The number of rotatable bonds is 2. The first kappa shape index (κ1) is 18.8. The SMILES string of the molecule is Cn1c(C(C)(C)C)cc(=NC(=O)C(F)(F)F)n1CC1CCOCC1. The van der Waals surface area contributed by atoms with E-state index in [0.29, 0.717) is 25.7 Å². The predicted octanol–water partition coefficient (Wildman–Crippen LogP) is 2.54. The van der Waals surface area contributed by atoms with Crippen LogP contribution in [0.4, 0.5) is 13.2 Å². The topological polar surface area (TPSA) is 48.5 Å². The van der Waals surface area contributed by atoms with Crippen molar-refractivity contribution in [3.05, 3.63) is 17.2 Å². The number of nitrogens with zero attached hydrogens (tertiary/aromatic N) is 3. The normalized spacial score (nSPS) is 18.2. The predicted molar refractivity (Wildman–Crippen MR) is 82.3 cm³/mol. The lowest BCUT2D eigenvalue weighted by Crippen LogP contribution is -2.32. The van der Waals surface area contributed by atoms with E-state index >= 15 is 0 Å². The maximum absolute atomic E-state index is 12.6. The third-order valence-electron chi connectivity index (χ3n) is 4.24. The summed E-state index contributed by atoms with van der Waals surface area (Å²) in [7, 11) is 1.79. The zero-order valence-corrected chi connectivity index (χ0v) is 14.5. The number of carbonyl (C=O) groups is 1. The van der Waals surface area contributed by atoms with Crippen LogP contribution in [0.25, 0.3) is 0 Å². The molecule has 0 atom stereocenters. The highest BCUT2D eigenvalue weighted by molar-refractivity contribution is 5.82. The molecule has 1 saturated heterocycles. The number of aromatic nitrogens is 2. The highest BCUT2D eigenvalue weighted by Gasteiger charge is 2.38. The minimum atomic E-state index is -4.96. The molecule has 2 heterocycles. The molecule has 0 radical (unpaired) electrons. The smallest absolute Gasteiger partial charge is 0.381 e. The van der Waals surface area contributed by atoms with Gasteiger partial charge in [-0.25, -0.2) is 0 Å². The minimum Gasteiger partial charge on any atom is -0.381 e. The first-order valence-electron chi connectivity index (χ1n) is 8.01. The Balaban J connectivity index is 2.47. The monoisotopic (exact) mass is 347 g/mol. The van der Waals surface area contributed by atoms with Gasteiger partial charge in [-0.3, -0.25) is 14.2 Å². The van der Waals surface area contributed by atoms with Gasteiger partial charge in [0.05, 0.1) is 0 Å². The van der Waals surface area contributed by atoms with E-state index in [0.717, 1.165) is 18.5 Å². The quantitative estimate of drug-likeness (QED) is 0.825. The zero-order valence-electron chi connectivity index (χ0n) is 14.5. The van der Waals surface area contributed by atoms with Crippen LogP contribution in [0.3, 0.4) is 0 Å². The number of alkyl halides is 3. The minimum absolute atomic E-state index is 0.0521.